The van der Waals surface area contributed by atoms with Crippen molar-refractivity contribution in [2.75, 3.05) is 27.2 Å². The lowest BCUT2D eigenvalue weighted by Crippen LogP contribution is -2.61. The summed E-state index contributed by atoms with van der Waals surface area (Å²) in [6.07, 6.45) is 0. The maximum absolute atomic E-state index is 11.9. The second kappa shape index (κ2) is 5.96. The average Bonchev–Trinajstić information content (AvgIpc) is 2.68. The topological polar surface area (TPSA) is 65.8 Å². The van der Waals surface area contributed by atoms with Crippen LogP contribution in [0.4, 0.5) is 0 Å². The van der Waals surface area contributed by atoms with Gasteiger partial charge in [-0.1, -0.05) is 20.8 Å². The molecule has 0 aliphatic carbocycles. The molecule has 2 heterocycles. The van der Waals surface area contributed by atoms with Gasteiger partial charge >= 0.3 is 0 Å². The summed E-state index contributed by atoms with van der Waals surface area (Å²) in [6, 6.07) is 2.29. The van der Waals surface area contributed by atoms with E-state index in [1.807, 2.05) is 6.92 Å². The number of furan rings is 1. The summed E-state index contributed by atoms with van der Waals surface area (Å²) < 4.78 is 32.4. The summed E-state index contributed by atoms with van der Waals surface area (Å²) in [6.45, 7) is 10.1. The molecule has 7 heteroatoms. The third-order valence-corrected chi connectivity index (χ3v) is 5.85. The van der Waals surface area contributed by atoms with Gasteiger partial charge in [0, 0.05) is 50.7 Å². The van der Waals surface area contributed by atoms with Crippen LogP contribution in [0.15, 0.2) is 10.5 Å². The summed E-state index contributed by atoms with van der Waals surface area (Å²) in [5.74, 6) is 1.90. The molecule has 0 atom stereocenters. The molecule has 126 valence electrons. The minimum atomic E-state index is -3.27. The number of nitrogens with one attached hydrogen (secondary N) is 1. The van der Waals surface area contributed by atoms with Crippen molar-refractivity contribution in [1.29, 1.82) is 0 Å². The quantitative estimate of drug-likeness (QED) is 0.888. The first-order valence-electron chi connectivity index (χ1n) is 7.52. The number of nitrogens with zero attached hydrogens (tertiary/aromatic N) is 2. The molecule has 0 unspecified atom stereocenters. The molecule has 1 N–H and O–H groups in total. The van der Waals surface area contributed by atoms with Crippen molar-refractivity contribution in [2.24, 2.45) is 0 Å². The minimum Gasteiger partial charge on any atom is -0.465 e. The summed E-state index contributed by atoms with van der Waals surface area (Å²) in [5.41, 5.74) is 1.13. The van der Waals surface area contributed by atoms with E-state index in [9.17, 15) is 8.42 Å². The summed E-state index contributed by atoms with van der Waals surface area (Å²) >= 11 is 0. The summed E-state index contributed by atoms with van der Waals surface area (Å²) in [5, 5.41) is 3.40. The largest absolute Gasteiger partial charge is 0.465 e. The molecule has 0 saturated carbocycles. The maximum Gasteiger partial charge on any atom is 0.281 e. The fraction of sp³-hybridized carbons (Fsp3) is 0.733. The summed E-state index contributed by atoms with van der Waals surface area (Å²) in [4.78, 5) is 0. The van der Waals surface area contributed by atoms with Gasteiger partial charge in [0.2, 0.25) is 0 Å². The molecule has 1 saturated heterocycles. The smallest absolute Gasteiger partial charge is 0.281 e. The van der Waals surface area contributed by atoms with Crippen LogP contribution in [0.25, 0.3) is 0 Å². The van der Waals surface area contributed by atoms with Crippen LogP contribution < -0.4 is 5.32 Å². The van der Waals surface area contributed by atoms with Gasteiger partial charge in [0.25, 0.3) is 10.2 Å². The van der Waals surface area contributed by atoms with Crippen molar-refractivity contribution in [1.82, 2.24) is 13.9 Å². The molecule has 1 aliphatic heterocycles. The molecule has 6 nitrogen and oxygen atoms in total. The second-order valence-corrected chi connectivity index (χ2v) is 9.27. The fourth-order valence-electron chi connectivity index (χ4n) is 2.31. The molecular weight excluding hydrogens is 302 g/mol. The second-order valence-electron chi connectivity index (χ2n) is 7.13. The van der Waals surface area contributed by atoms with Gasteiger partial charge in [-0.25, -0.2) is 0 Å². The van der Waals surface area contributed by atoms with E-state index in [4.69, 9.17) is 4.42 Å². The van der Waals surface area contributed by atoms with Crippen molar-refractivity contribution in [2.45, 2.75) is 45.7 Å². The van der Waals surface area contributed by atoms with E-state index >= 15 is 0 Å². The van der Waals surface area contributed by atoms with Gasteiger partial charge in [0.1, 0.15) is 11.5 Å². The third-order valence-electron chi connectivity index (χ3n) is 3.98. The van der Waals surface area contributed by atoms with Crippen molar-refractivity contribution in [3.05, 3.63) is 23.2 Å². The van der Waals surface area contributed by atoms with Gasteiger partial charge in [-0.15, -0.1) is 0 Å². The molecule has 22 heavy (non-hydrogen) atoms. The molecule has 0 amide bonds. The highest BCUT2D eigenvalue weighted by Gasteiger charge is 2.36. The lowest BCUT2D eigenvalue weighted by atomic mass is 9.93. The van der Waals surface area contributed by atoms with E-state index in [-0.39, 0.29) is 11.5 Å². The van der Waals surface area contributed by atoms with Crippen LogP contribution in [0.2, 0.25) is 0 Å². The maximum atomic E-state index is 11.9. The molecule has 1 aromatic heterocycles. The number of hydrogen-bond donors (Lipinski definition) is 1. The molecule has 1 aromatic rings. The lowest BCUT2D eigenvalue weighted by molar-refractivity contribution is 0.214. The first-order chi connectivity index (χ1) is 10.0. The predicted molar refractivity (Wildman–Crippen MR) is 87.0 cm³/mol. The van der Waals surface area contributed by atoms with Gasteiger partial charge in [-0.3, -0.25) is 0 Å². The van der Waals surface area contributed by atoms with Crippen LogP contribution >= 0.6 is 0 Å². The fourth-order valence-corrected chi connectivity index (χ4v) is 3.50. The average molecular weight is 329 g/mol. The molecule has 2 rings (SSSR count). The summed E-state index contributed by atoms with van der Waals surface area (Å²) in [7, 11) is -0.162. The highest BCUT2D eigenvalue weighted by Crippen LogP contribution is 2.27. The van der Waals surface area contributed by atoms with Crippen LogP contribution in [0, 0.1) is 6.92 Å². The Morgan fingerprint density at radius 3 is 2.41 bits per heavy atom. The van der Waals surface area contributed by atoms with Gasteiger partial charge in [0.15, 0.2) is 0 Å². The third kappa shape index (κ3) is 3.53. The zero-order valence-corrected chi connectivity index (χ0v) is 15.1. The molecule has 0 radical (unpaired) electrons. The van der Waals surface area contributed by atoms with Crippen LogP contribution in [-0.4, -0.2) is 50.3 Å². The highest BCUT2D eigenvalue weighted by molar-refractivity contribution is 7.86. The minimum absolute atomic E-state index is 0.00390. The standard InChI is InChI=1S/C15H27N3O3S/c1-11-12(7-14(21-11)15(2,3)4)8-16-13-9-18(10-13)22(19,20)17(5)6/h7,13,16H,8-10H2,1-6H3. The normalized spacial score (nSPS) is 18.0. The molecule has 1 fully saturated rings. The molecular formula is C15H27N3O3S. The van der Waals surface area contributed by atoms with Gasteiger partial charge in [-0.2, -0.15) is 17.0 Å². The Morgan fingerprint density at radius 2 is 1.95 bits per heavy atom. The van der Waals surface area contributed by atoms with E-state index in [2.05, 4.69) is 32.2 Å². The number of rotatable bonds is 5. The van der Waals surface area contributed by atoms with Crippen LogP contribution in [0.3, 0.4) is 0 Å². The van der Waals surface area contributed by atoms with Crippen molar-refractivity contribution >= 4 is 10.2 Å². The van der Waals surface area contributed by atoms with Crippen LogP contribution in [0.5, 0.6) is 0 Å². The molecule has 0 spiro atoms. The Labute approximate surface area is 133 Å². The van der Waals surface area contributed by atoms with E-state index in [0.717, 1.165) is 17.1 Å². The Kier molecular flexibility index (Phi) is 4.73. The zero-order chi connectivity index (χ0) is 16.7. The van der Waals surface area contributed by atoms with Crippen LogP contribution in [-0.2, 0) is 22.2 Å². The molecule has 1 aliphatic rings. The Morgan fingerprint density at radius 1 is 1.36 bits per heavy atom. The number of hydrogen-bond acceptors (Lipinski definition) is 4. The van der Waals surface area contributed by atoms with Gasteiger partial charge in [-0.05, 0) is 13.0 Å². The molecule has 0 bridgehead atoms. The first kappa shape index (κ1) is 17.5. The predicted octanol–water partition coefficient (Wildman–Crippen LogP) is 1.47. The van der Waals surface area contributed by atoms with E-state index in [1.54, 1.807) is 14.1 Å². The Balaban J connectivity index is 1.88. The number of aryl methyl sites for hydroxylation is 1. The van der Waals surface area contributed by atoms with Crippen molar-refractivity contribution in [3.63, 3.8) is 0 Å². The highest BCUT2D eigenvalue weighted by atomic mass is 32.2. The van der Waals surface area contributed by atoms with Crippen LogP contribution in [0.1, 0.15) is 37.9 Å². The van der Waals surface area contributed by atoms with Crippen molar-refractivity contribution in [3.8, 4) is 0 Å². The SMILES string of the molecule is Cc1oc(C(C)(C)C)cc1CNC1CN(S(=O)(=O)N(C)C)C1. The Bertz CT molecular complexity index is 623. The van der Waals surface area contributed by atoms with Gasteiger partial charge < -0.3 is 9.73 Å². The van der Waals surface area contributed by atoms with E-state index in [1.165, 1.54) is 8.61 Å². The van der Waals surface area contributed by atoms with Crippen molar-refractivity contribution < 1.29 is 12.8 Å². The van der Waals surface area contributed by atoms with E-state index < -0.39 is 10.2 Å². The van der Waals surface area contributed by atoms with E-state index in [0.29, 0.717) is 19.6 Å². The van der Waals surface area contributed by atoms with Gasteiger partial charge in [0.05, 0.1) is 0 Å². The lowest BCUT2D eigenvalue weighted by Gasteiger charge is -2.39. The Hall–Kier alpha value is -0.890. The zero-order valence-electron chi connectivity index (χ0n) is 14.3. The first-order valence-corrected chi connectivity index (χ1v) is 8.92. The molecule has 0 aromatic carbocycles. The monoisotopic (exact) mass is 329 g/mol.